The number of benzene rings is 1. The summed E-state index contributed by atoms with van der Waals surface area (Å²) in [5.74, 6) is 0.877. The monoisotopic (exact) mass is 295 g/mol. The highest BCUT2D eigenvalue weighted by molar-refractivity contribution is 6.33. The van der Waals surface area contributed by atoms with Crippen molar-refractivity contribution in [3.63, 3.8) is 0 Å². The van der Waals surface area contributed by atoms with E-state index in [2.05, 4.69) is 19.2 Å². The van der Waals surface area contributed by atoms with E-state index in [9.17, 15) is 4.79 Å². The van der Waals surface area contributed by atoms with Crippen LogP contribution in [0.2, 0.25) is 5.02 Å². The summed E-state index contributed by atoms with van der Waals surface area (Å²) < 4.78 is 4.75. The Morgan fingerprint density at radius 2 is 1.95 bits per heavy atom. The van der Waals surface area contributed by atoms with Crippen molar-refractivity contribution in [1.29, 1.82) is 0 Å². The number of nitrogens with one attached hydrogen (secondary N) is 1. The minimum absolute atomic E-state index is 0.338. The van der Waals surface area contributed by atoms with E-state index in [1.165, 1.54) is 26.4 Å². The van der Waals surface area contributed by atoms with Crippen LogP contribution in [-0.4, -0.2) is 19.1 Å². The highest BCUT2D eigenvalue weighted by Gasteiger charge is 2.28. The van der Waals surface area contributed by atoms with Crippen molar-refractivity contribution in [2.24, 2.45) is 11.8 Å². The van der Waals surface area contributed by atoms with Crippen molar-refractivity contribution in [3.8, 4) is 0 Å². The number of methoxy groups -OCH3 is 1. The molecular formula is C16H22ClNO2. The van der Waals surface area contributed by atoms with Crippen molar-refractivity contribution in [2.45, 2.75) is 39.2 Å². The van der Waals surface area contributed by atoms with E-state index in [0.717, 1.165) is 5.69 Å². The van der Waals surface area contributed by atoms with Gasteiger partial charge in [-0.25, -0.2) is 4.79 Å². The number of hydrogen-bond donors (Lipinski definition) is 1. The molecular weight excluding hydrogens is 274 g/mol. The number of rotatable bonds is 3. The maximum atomic E-state index is 11.6. The third kappa shape index (κ3) is 3.26. The molecule has 1 saturated carbocycles. The highest BCUT2D eigenvalue weighted by atomic mass is 35.5. The topological polar surface area (TPSA) is 38.3 Å². The summed E-state index contributed by atoms with van der Waals surface area (Å²) >= 11 is 6.24. The minimum atomic E-state index is -0.338. The van der Waals surface area contributed by atoms with Crippen LogP contribution in [0.5, 0.6) is 0 Å². The molecule has 20 heavy (non-hydrogen) atoms. The van der Waals surface area contributed by atoms with Crippen LogP contribution in [0.3, 0.4) is 0 Å². The zero-order valence-corrected chi connectivity index (χ0v) is 13.0. The molecule has 4 heteroatoms. The fourth-order valence-corrected chi connectivity index (χ4v) is 3.20. The Balaban J connectivity index is 2.21. The van der Waals surface area contributed by atoms with Gasteiger partial charge >= 0.3 is 5.97 Å². The summed E-state index contributed by atoms with van der Waals surface area (Å²) in [6, 6.07) is 5.61. The van der Waals surface area contributed by atoms with Crippen LogP contribution in [-0.2, 0) is 4.74 Å². The van der Waals surface area contributed by atoms with E-state index in [1.807, 2.05) is 0 Å². The van der Waals surface area contributed by atoms with Gasteiger partial charge < -0.3 is 10.1 Å². The lowest BCUT2D eigenvalue weighted by molar-refractivity contribution is 0.0601. The Kier molecular flexibility index (Phi) is 4.92. The molecule has 1 aromatic rings. The van der Waals surface area contributed by atoms with E-state index in [-0.39, 0.29) is 5.97 Å². The zero-order chi connectivity index (χ0) is 14.7. The van der Waals surface area contributed by atoms with Gasteiger partial charge in [-0.1, -0.05) is 31.9 Å². The molecule has 2 unspecified atom stereocenters. The first-order valence-corrected chi connectivity index (χ1v) is 7.55. The fourth-order valence-electron chi connectivity index (χ4n) is 3.03. The van der Waals surface area contributed by atoms with E-state index < -0.39 is 0 Å². The van der Waals surface area contributed by atoms with Crippen LogP contribution >= 0.6 is 11.6 Å². The molecule has 0 aromatic heterocycles. The average Bonchev–Trinajstić information content (AvgIpc) is 2.44. The normalized spacial score (nSPS) is 26.1. The van der Waals surface area contributed by atoms with Crippen molar-refractivity contribution in [3.05, 3.63) is 28.8 Å². The summed E-state index contributed by atoms with van der Waals surface area (Å²) in [4.78, 5) is 11.6. The van der Waals surface area contributed by atoms with E-state index in [0.29, 0.717) is 28.5 Å². The van der Waals surface area contributed by atoms with Gasteiger partial charge in [0.15, 0.2) is 0 Å². The molecule has 1 aromatic carbocycles. The van der Waals surface area contributed by atoms with Crippen LogP contribution in [0.25, 0.3) is 0 Å². The lowest BCUT2D eigenvalue weighted by Crippen LogP contribution is -2.37. The standard InChI is InChI=1S/C16H22ClNO2/c1-10-5-4-6-11(2)15(10)18-14-9-12(16(19)20-3)7-8-13(14)17/h7-11,15,18H,4-6H2,1-3H3. The number of carbonyl (C=O) groups excluding carboxylic acids is 1. The predicted molar refractivity (Wildman–Crippen MR) is 82.4 cm³/mol. The molecule has 0 spiro atoms. The van der Waals surface area contributed by atoms with Gasteiger partial charge in [-0.15, -0.1) is 0 Å². The molecule has 0 aliphatic heterocycles. The average molecular weight is 296 g/mol. The molecule has 110 valence electrons. The number of hydrogen-bond acceptors (Lipinski definition) is 3. The van der Waals surface area contributed by atoms with Gasteiger partial charge in [0, 0.05) is 6.04 Å². The molecule has 1 N–H and O–H groups in total. The van der Waals surface area contributed by atoms with Crippen molar-refractivity contribution < 1.29 is 9.53 Å². The summed E-state index contributed by atoms with van der Waals surface area (Å²) in [6.07, 6.45) is 3.75. The summed E-state index contributed by atoms with van der Waals surface area (Å²) in [5, 5.41) is 4.17. The lowest BCUT2D eigenvalue weighted by Gasteiger charge is -2.36. The van der Waals surface area contributed by atoms with Crippen LogP contribution < -0.4 is 5.32 Å². The molecule has 3 nitrogen and oxygen atoms in total. The largest absolute Gasteiger partial charge is 0.465 e. The molecule has 1 fully saturated rings. The first-order chi connectivity index (χ1) is 9.52. The van der Waals surface area contributed by atoms with E-state index in [4.69, 9.17) is 16.3 Å². The van der Waals surface area contributed by atoms with Gasteiger partial charge in [0.05, 0.1) is 23.4 Å². The summed E-state index contributed by atoms with van der Waals surface area (Å²) in [5.41, 5.74) is 1.34. The van der Waals surface area contributed by atoms with E-state index >= 15 is 0 Å². The molecule has 1 aliphatic carbocycles. The molecule has 2 atom stereocenters. The van der Waals surface area contributed by atoms with Crippen molar-refractivity contribution in [1.82, 2.24) is 0 Å². The molecule has 0 bridgehead atoms. The summed E-state index contributed by atoms with van der Waals surface area (Å²) in [7, 11) is 1.38. The van der Waals surface area contributed by atoms with Crippen LogP contribution in [0.1, 0.15) is 43.5 Å². The first kappa shape index (κ1) is 15.2. The minimum Gasteiger partial charge on any atom is -0.465 e. The van der Waals surface area contributed by atoms with Gasteiger partial charge in [0.1, 0.15) is 0 Å². The molecule has 0 amide bonds. The Bertz CT molecular complexity index is 479. The lowest BCUT2D eigenvalue weighted by atomic mass is 9.78. The number of anilines is 1. The maximum absolute atomic E-state index is 11.6. The summed E-state index contributed by atoms with van der Waals surface area (Å²) in [6.45, 7) is 4.54. The maximum Gasteiger partial charge on any atom is 0.337 e. The molecule has 0 radical (unpaired) electrons. The van der Waals surface area contributed by atoms with Gasteiger partial charge in [-0.05, 0) is 42.9 Å². The molecule has 0 saturated heterocycles. The SMILES string of the molecule is COC(=O)c1ccc(Cl)c(NC2C(C)CCCC2C)c1. The Labute approximate surface area is 125 Å². The van der Waals surface area contributed by atoms with Crippen LogP contribution in [0.4, 0.5) is 5.69 Å². The predicted octanol–water partition coefficient (Wildman–Crippen LogP) is 4.36. The smallest absolute Gasteiger partial charge is 0.337 e. The quantitative estimate of drug-likeness (QED) is 0.842. The van der Waals surface area contributed by atoms with Crippen LogP contribution in [0, 0.1) is 11.8 Å². The molecule has 1 aliphatic rings. The van der Waals surface area contributed by atoms with Gasteiger partial charge in [0.2, 0.25) is 0 Å². The number of halogens is 1. The second-order valence-corrected chi connectivity index (χ2v) is 6.15. The van der Waals surface area contributed by atoms with E-state index in [1.54, 1.807) is 18.2 Å². The molecule has 0 heterocycles. The van der Waals surface area contributed by atoms with Gasteiger partial charge in [-0.2, -0.15) is 0 Å². The third-order valence-corrected chi connectivity index (χ3v) is 4.58. The molecule has 2 rings (SSSR count). The Morgan fingerprint density at radius 1 is 1.30 bits per heavy atom. The van der Waals surface area contributed by atoms with Gasteiger partial charge in [0.25, 0.3) is 0 Å². The fraction of sp³-hybridized carbons (Fsp3) is 0.562. The number of esters is 1. The zero-order valence-electron chi connectivity index (χ0n) is 12.3. The van der Waals surface area contributed by atoms with Gasteiger partial charge in [-0.3, -0.25) is 0 Å². The Hall–Kier alpha value is -1.22. The number of carbonyl (C=O) groups is 1. The van der Waals surface area contributed by atoms with Crippen molar-refractivity contribution in [2.75, 3.05) is 12.4 Å². The highest BCUT2D eigenvalue weighted by Crippen LogP contribution is 2.33. The second kappa shape index (κ2) is 6.49. The second-order valence-electron chi connectivity index (χ2n) is 5.74. The first-order valence-electron chi connectivity index (χ1n) is 7.17. The Morgan fingerprint density at radius 3 is 2.55 bits per heavy atom. The van der Waals surface area contributed by atoms with Crippen molar-refractivity contribution >= 4 is 23.3 Å². The third-order valence-electron chi connectivity index (χ3n) is 4.25. The van der Waals surface area contributed by atoms with Crippen LogP contribution in [0.15, 0.2) is 18.2 Å². The number of ether oxygens (including phenoxy) is 1.